The zero-order valence-corrected chi connectivity index (χ0v) is 13.5. The summed E-state index contributed by atoms with van der Waals surface area (Å²) in [6, 6.07) is 7.29. The number of hydrogen-bond acceptors (Lipinski definition) is 4. The van der Waals surface area contributed by atoms with E-state index in [1.165, 1.54) is 7.11 Å². The molecule has 0 heterocycles. The molecule has 1 aromatic rings. The second-order valence-corrected chi connectivity index (χ2v) is 4.95. The standard InChI is InChI=1S/C16H23N3O4/c1-17-14(20)9-10-18-15(21)8-5-12-3-6-13(7-4-12)19-16(22)11-23-2/h3-4,6-7H,5,8-11H2,1-2H3,(H,17,20)(H,18,21)(H,19,22). The molecule has 7 nitrogen and oxygen atoms in total. The van der Waals surface area contributed by atoms with Crippen molar-refractivity contribution in [3.8, 4) is 0 Å². The maximum atomic E-state index is 11.7. The number of aryl methyl sites for hydroxylation is 1. The molecular weight excluding hydrogens is 298 g/mol. The molecule has 0 bridgehead atoms. The Balaban J connectivity index is 2.31. The van der Waals surface area contributed by atoms with E-state index in [1.54, 1.807) is 19.2 Å². The van der Waals surface area contributed by atoms with Gasteiger partial charge < -0.3 is 20.7 Å². The molecule has 0 spiro atoms. The maximum absolute atomic E-state index is 11.7. The van der Waals surface area contributed by atoms with Gasteiger partial charge in [-0.25, -0.2) is 0 Å². The topological polar surface area (TPSA) is 96.5 Å². The molecule has 0 atom stereocenters. The lowest BCUT2D eigenvalue weighted by atomic mass is 10.1. The molecule has 3 amide bonds. The van der Waals surface area contributed by atoms with Gasteiger partial charge in [-0.2, -0.15) is 0 Å². The van der Waals surface area contributed by atoms with Crippen LogP contribution < -0.4 is 16.0 Å². The molecule has 126 valence electrons. The van der Waals surface area contributed by atoms with E-state index in [-0.39, 0.29) is 30.7 Å². The van der Waals surface area contributed by atoms with Crippen molar-refractivity contribution in [1.29, 1.82) is 0 Å². The highest BCUT2D eigenvalue weighted by Gasteiger charge is 2.05. The fourth-order valence-electron chi connectivity index (χ4n) is 1.87. The third-order valence-electron chi connectivity index (χ3n) is 3.11. The molecule has 3 N–H and O–H groups in total. The van der Waals surface area contributed by atoms with E-state index in [9.17, 15) is 14.4 Å². The number of nitrogens with one attached hydrogen (secondary N) is 3. The lowest BCUT2D eigenvalue weighted by Gasteiger charge is -2.07. The van der Waals surface area contributed by atoms with Crippen molar-refractivity contribution in [2.24, 2.45) is 0 Å². The summed E-state index contributed by atoms with van der Waals surface area (Å²) in [5.41, 5.74) is 1.68. The fourth-order valence-corrected chi connectivity index (χ4v) is 1.87. The van der Waals surface area contributed by atoms with Gasteiger partial charge in [-0.1, -0.05) is 12.1 Å². The average molecular weight is 321 g/mol. The van der Waals surface area contributed by atoms with E-state index in [2.05, 4.69) is 16.0 Å². The Hall–Kier alpha value is -2.41. The van der Waals surface area contributed by atoms with Gasteiger partial charge in [-0.3, -0.25) is 14.4 Å². The molecular formula is C16H23N3O4. The molecule has 0 fully saturated rings. The van der Waals surface area contributed by atoms with Crippen molar-refractivity contribution in [2.45, 2.75) is 19.3 Å². The zero-order valence-electron chi connectivity index (χ0n) is 13.5. The van der Waals surface area contributed by atoms with E-state index in [0.29, 0.717) is 25.1 Å². The lowest BCUT2D eigenvalue weighted by molar-refractivity contribution is -0.122. The highest BCUT2D eigenvalue weighted by Crippen LogP contribution is 2.11. The smallest absolute Gasteiger partial charge is 0.250 e. The number of carbonyl (C=O) groups is 3. The molecule has 0 aliphatic carbocycles. The number of benzene rings is 1. The van der Waals surface area contributed by atoms with Crippen LogP contribution in [0.1, 0.15) is 18.4 Å². The van der Waals surface area contributed by atoms with E-state index in [0.717, 1.165) is 5.56 Å². The summed E-state index contributed by atoms with van der Waals surface area (Å²) in [5.74, 6) is -0.404. The number of methoxy groups -OCH3 is 1. The van der Waals surface area contributed by atoms with Crippen molar-refractivity contribution in [3.63, 3.8) is 0 Å². The first-order valence-electron chi connectivity index (χ1n) is 7.40. The second kappa shape index (κ2) is 10.3. The van der Waals surface area contributed by atoms with Gasteiger partial charge in [0.25, 0.3) is 0 Å². The van der Waals surface area contributed by atoms with Gasteiger partial charge >= 0.3 is 0 Å². The van der Waals surface area contributed by atoms with Crippen molar-refractivity contribution in [1.82, 2.24) is 10.6 Å². The molecule has 1 aromatic carbocycles. The SMILES string of the molecule is CNC(=O)CCNC(=O)CCc1ccc(NC(=O)COC)cc1. The van der Waals surface area contributed by atoms with E-state index in [4.69, 9.17) is 4.74 Å². The molecule has 0 aliphatic heterocycles. The molecule has 0 saturated heterocycles. The quantitative estimate of drug-likeness (QED) is 0.615. The van der Waals surface area contributed by atoms with Gasteiger partial charge in [0.1, 0.15) is 6.61 Å². The third kappa shape index (κ3) is 7.96. The highest BCUT2D eigenvalue weighted by atomic mass is 16.5. The summed E-state index contributed by atoms with van der Waals surface area (Å²) in [5, 5.41) is 7.89. The predicted molar refractivity (Wildman–Crippen MR) is 87.0 cm³/mol. The summed E-state index contributed by atoms with van der Waals surface area (Å²) in [7, 11) is 3.02. The van der Waals surface area contributed by atoms with Crippen LogP contribution in [-0.2, 0) is 25.5 Å². The zero-order chi connectivity index (χ0) is 17.1. The largest absolute Gasteiger partial charge is 0.375 e. The molecule has 7 heteroatoms. The number of carbonyl (C=O) groups excluding carboxylic acids is 3. The predicted octanol–water partition coefficient (Wildman–Crippen LogP) is 0.456. The first-order chi connectivity index (χ1) is 11.0. The van der Waals surface area contributed by atoms with Crippen LogP contribution in [0.25, 0.3) is 0 Å². The van der Waals surface area contributed by atoms with Gasteiger partial charge in [0.05, 0.1) is 0 Å². The minimum absolute atomic E-state index is 0.0119. The Morgan fingerprint density at radius 1 is 1.00 bits per heavy atom. The van der Waals surface area contributed by atoms with Gasteiger partial charge in [-0.05, 0) is 24.1 Å². The number of hydrogen-bond donors (Lipinski definition) is 3. The highest BCUT2D eigenvalue weighted by molar-refractivity contribution is 5.91. The maximum Gasteiger partial charge on any atom is 0.250 e. The van der Waals surface area contributed by atoms with E-state index >= 15 is 0 Å². The molecule has 23 heavy (non-hydrogen) atoms. The molecule has 0 unspecified atom stereocenters. The van der Waals surface area contributed by atoms with Crippen molar-refractivity contribution in [2.75, 3.05) is 32.6 Å². The van der Waals surface area contributed by atoms with Crippen LogP contribution in [0.5, 0.6) is 0 Å². The average Bonchev–Trinajstić information content (AvgIpc) is 2.54. The van der Waals surface area contributed by atoms with Crippen LogP contribution in [0, 0.1) is 0 Å². The van der Waals surface area contributed by atoms with Crippen LogP contribution in [0.4, 0.5) is 5.69 Å². The van der Waals surface area contributed by atoms with Crippen molar-refractivity contribution >= 4 is 23.4 Å². The van der Waals surface area contributed by atoms with Crippen molar-refractivity contribution < 1.29 is 19.1 Å². The summed E-state index contributed by atoms with van der Waals surface area (Å²) in [6.45, 7) is 0.348. The van der Waals surface area contributed by atoms with Gasteiger partial charge in [0.15, 0.2) is 0 Å². The van der Waals surface area contributed by atoms with Gasteiger partial charge in [-0.15, -0.1) is 0 Å². The number of ether oxygens (including phenoxy) is 1. The van der Waals surface area contributed by atoms with Gasteiger partial charge in [0, 0.05) is 39.2 Å². The number of anilines is 1. The monoisotopic (exact) mass is 321 g/mol. The molecule has 0 aromatic heterocycles. The van der Waals surface area contributed by atoms with E-state index < -0.39 is 0 Å². The summed E-state index contributed by atoms with van der Waals surface area (Å²) in [4.78, 5) is 34.0. The summed E-state index contributed by atoms with van der Waals surface area (Å²) in [6.07, 6.45) is 1.22. The Kier molecular flexibility index (Phi) is 8.38. The Morgan fingerprint density at radius 3 is 2.30 bits per heavy atom. The first kappa shape index (κ1) is 18.6. The molecule has 1 rings (SSSR count). The first-order valence-corrected chi connectivity index (χ1v) is 7.40. The minimum atomic E-state index is -0.212. The summed E-state index contributed by atoms with van der Waals surface area (Å²) >= 11 is 0. The second-order valence-electron chi connectivity index (χ2n) is 4.95. The van der Waals surface area contributed by atoms with Crippen LogP contribution in [0.3, 0.4) is 0 Å². The normalized spacial score (nSPS) is 10.0. The lowest BCUT2D eigenvalue weighted by Crippen LogP contribution is -2.29. The van der Waals surface area contributed by atoms with Gasteiger partial charge in [0.2, 0.25) is 17.7 Å². The van der Waals surface area contributed by atoms with Crippen molar-refractivity contribution in [3.05, 3.63) is 29.8 Å². The number of amides is 3. The summed E-state index contributed by atoms with van der Waals surface area (Å²) < 4.78 is 4.74. The third-order valence-corrected chi connectivity index (χ3v) is 3.11. The van der Waals surface area contributed by atoms with E-state index in [1.807, 2.05) is 12.1 Å². The van der Waals surface area contributed by atoms with Crippen LogP contribution in [0.2, 0.25) is 0 Å². The Labute approximate surface area is 135 Å². The Morgan fingerprint density at radius 2 is 1.70 bits per heavy atom. The number of rotatable bonds is 9. The minimum Gasteiger partial charge on any atom is -0.375 e. The Bertz CT molecular complexity index is 529. The molecule has 0 saturated carbocycles. The van der Waals surface area contributed by atoms with Crippen LogP contribution in [0.15, 0.2) is 24.3 Å². The molecule has 0 radical (unpaired) electrons. The van der Waals surface area contributed by atoms with Crippen LogP contribution in [-0.4, -0.2) is 45.0 Å². The molecule has 0 aliphatic rings. The van der Waals surface area contributed by atoms with Crippen LogP contribution >= 0.6 is 0 Å². The fraction of sp³-hybridized carbons (Fsp3) is 0.438.